The van der Waals surface area contributed by atoms with E-state index in [-0.39, 0.29) is 27.4 Å². The molecule has 0 aliphatic heterocycles. The van der Waals surface area contributed by atoms with E-state index in [4.69, 9.17) is 21.1 Å². The van der Waals surface area contributed by atoms with Gasteiger partial charge in [-0.3, -0.25) is 0 Å². The molecule has 3 rings (SSSR count). The van der Waals surface area contributed by atoms with E-state index < -0.39 is 27.6 Å². The van der Waals surface area contributed by atoms with Gasteiger partial charge in [0.05, 0.1) is 18.3 Å². The van der Waals surface area contributed by atoms with E-state index in [0.29, 0.717) is 5.56 Å². The van der Waals surface area contributed by atoms with Gasteiger partial charge in [-0.2, -0.15) is 0 Å². The highest BCUT2D eigenvalue weighted by atomic mass is 35.5. The number of ether oxygens (including phenoxy) is 2. The molecule has 1 unspecified atom stereocenters. The third-order valence-corrected chi connectivity index (χ3v) is 5.13. The Morgan fingerprint density at radius 1 is 1.14 bits per heavy atom. The fraction of sp³-hybridized carbons (Fsp3) is 0.167. The molecule has 1 aromatic heterocycles. The second kappa shape index (κ2) is 7.76. The van der Waals surface area contributed by atoms with Gasteiger partial charge in [0.15, 0.2) is 38.3 Å². The summed E-state index contributed by atoms with van der Waals surface area (Å²) in [6.07, 6.45) is 1.18. The predicted molar refractivity (Wildman–Crippen MR) is 98.5 cm³/mol. The van der Waals surface area contributed by atoms with Crippen molar-refractivity contribution in [1.29, 1.82) is 0 Å². The zero-order chi connectivity index (χ0) is 20.5. The van der Waals surface area contributed by atoms with Gasteiger partial charge in [-0.15, -0.1) is 0 Å². The van der Waals surface area contributed by atoms with Gasteiger partial charge in [-0.1, -0.05) is 17.7 Å². The highest BCUT2D eigenvalue weighted by Gasteiger charge is 2.24. The summed E-state index contributed by atoms with van der Waals surface area (Å²) in [5, 5.41) is -0.262. The van der Waals surface area contributed by atoms with E-state index in [0.717, 1.165) is 24.6 Å². The van der Waals surface area contributed by atoms with E-state index in [1.54, 1.807) is 0 Å². The molecule has 2 aromatic carbocycles. The molecule has 0 spiro atoms. The number of aromatic amines is 1. The molecule has 10 heteroatoms. The van der Waals surface area contributed by atoms with Gasteiger partial charge < -0.3 is 14.5 Å². The lowest BCUT2D eigenvalue weighted by Crippen LogP contribution is -2.12. The highest BCUT2D eigenvalue weighted by molar-refractivity contribution is 7.90. The van der Waals surface area contributed by atoms with Crippen molar-refractivity contribution >= 4 is 21.4 Å². The SMILES string of the molecule is COc1cc(F)ccc1OC(c1ccc(F)c(Cl)c1)c1ncc(S(C)(=O)=O)[nH]1. The predicted octanol–water partition coefficient (Wildman–Crippen LogP) is 3.92. The molecule has 0 aliphatic carbocycles. The third kappa shape index (κ3) is 4.26. The Morgan fingerprint density at radius 3 is 2.50 bits per heavy atom. The van der Waals surface area contributed by atoms with E-state index in [9.17, 15) is 17.2 Å². The van der Waals surface area contributed by atoms with Crippen molar-refractivity contribution in [2.24, 2.45) is 0 Å². The normalized spacial score (nSPS) is 12.6. The lowest BCUT2D eigenvalue weighted by molar-refractivity contribution is 0.225. The molecule has 0 saturated carbocycles. The quantitative estimate of drug-likeness (QED) is 0.643. The Kier molecular flexibility index (Phi) is 5.57. The molecule has 0 amide bonds. The standard InChI is InChI=1S/C18H15ClF2N2O4S/c1-26-15-8-11(20)4-6-14(15)27-17(10-3-5-13(21)12(19)7-10)18-22-9-16(23-18)28(2,24)25/h3-9,17H,1-2H3,(H,22,23). The van der Waals surface area contributed by atoms with Crippen LogP contribution in [0.2, 0.25) is 5.02 Å². The van der Waals surface area contributed by atoms with Gasteiger partial charge in [-0.25, -0.2) is 22.2 Å². The number of nitrogens with zero attached hydrogens (tertiary/aromatic N) is 1. The molecular formula is C18H15ClF2N2O4S. The number of sulfone groups is 1. The number of hydrogen-bond acceptors (Lipinski definition) is 5. The monoisotopic (exact) mass is 428 g/mol. The zero-order valence-corrected chi connectivity index (χ0v) is 16.3. The average molecular weight is 429 g/mol. The van der Waals surface area contributed by atoms with Crippen molar-refractivity contribution in [3.8, 4) is 11.5 Å². The minimum atomic E-state index is -3.54. The van der Waals surface area contributed by atoms with Crippen molar-refractivity contribution in [2.45, 2.75) is 11.1 Å². The number of methoxy groups -OCH3 is 1. The minimum absolute atomic E-state index is 0.115. The number of hydrogen-bond donors (Lipinski definition) is 1. The number of nitrogens with one attached hydrogen (secondary N) is 1. The summed E-state index contributed by atoms with van der Waals surface area (Å²) in [5.41, 5.74) is 0.396. The molecule has 1 atom stereocenters. The molecule has 0 bridgehead atoms. The molecule has 0 saturated heterocycles. The lowest BCUT2D eigenvalue weighted by Gasteiger charge is -2.20. The Bertz CT molecular complexity index is 1120. The van der Waals surface area contributed by atoms with Crippen LogP contribution in [0.25, 0.3) is 0 Å². The van der Waals surface area contributed by atoms with Crippen molar-refractivity contribution in [2.75, 3.05) is 13.4 Å². The first-order chi connectivity index (χ1) is 13.2. The molecule has 6 nitrogen and oxygen atoms in total. The molecule has 0 radical (unpaired) electrons. The van der Waals surface area contributed by atoms with Crippen LogP contribution in [0.5, 0.6) is 11.5 Å². The molecule has 1 heterocycles. The molecule has 0 fully saturated rings. The van der Waals surface area contributed by atoms with Crippen LogP contribution in [0.1, 0.15) is 17.5 Å². The Morgan fingerprint density at radius 2 is 1.89 bits per heavy atom. The Balaban J connectivity index is 2.09. The summed E-state index contributed by atoms with van der Waals surface area (Å²) in [6.45, 7) is 0. The van der Waals surface area contributed by atoms with Crippen LogP contribution in [-0.4, -0.2) is 31.8 Å². The van der Waals surface area contributed by atoms with Crippen LogP contribution >= 0.6 is 11.6 Å². The third-order valence-electron chi connectivity index (χ3n) is 3.84. The van der Waals surface area contributed by atoms with Crippen LogP contribution < -0.4 is 9.47 Å². The number of halogens is 3. The lowest BCUT2D eigenvalue weighted by atomic mass is 10.1. The smallest absolute Gasteiger partial charge is 0.192 e. The van der Waals surface area contributed by atoms with E-state index in [1.807, 2.05) is 0 Å². The maximum absolute atomic E-state index is 13.6. The maximum Gasteiger partial charge on any atom is 0.192 e. The van der Waals surface area contributed by atoms with E-state index in [2.05, 4.69) is 9.97 Å². The molecule has 148 valence electrons. The summed E-state index contributed by atoms with van der Waals surface area (Å²) < 4.78 is 61.6. The highest BCUT2D eigenvalue weighted by Crippen LogP contribution is 2.35. The van der Waals surface area contributed by atoms with Crippen LogP contribution in [0, 0.1) is 11.6 Å². The second-order valence-electron chi connectivity index (χ2n) is 5.87. The van der Waals surface area contributed by atoms with Crippen molar-refractivity contribution in [3.63, 3.8) is 0 Å². The van der Waals surface area contributed by atoms with Gasteiger partial charge in [0.1, 0.15) is 11.6 Å². The fourth-order valence-electron chi connectivity index (χ4n) is 2.46. The van der Waals surface area contributed by atoms with Gasteiger partial charge >= 0.3 is 0 Å². The fourth-order valence-corrected chi connectivity index (χ4v) is 3.19. The van der Waals surface area contributed by atoms with Crippen LogP contribution in [-0.2, 0) is 9.84 Å². The van der Waals surface area contributed by atoms with Gasteiger partial charge in [-0.05, 0) is 24.3 Å². The van der Waals surface area contributed by atoms with Crippen molar-refractivity contribution in [3.05, 3.63) is 70.6 Å². The number of aromatic nitrogens is 2. The first-order valence-electron chi connectivity index (χ1n) is 7.89. The summed E-state index contributed by atoms with van der Waals surface area (Å²) >= 11 is 5.87. The summed E-state index contributed by atoms with van der Waals surface area (Å²) in [4.78, 5) is 6.75. The first kappa shape index (κ1) is 20.1. The Labute approximate surface area is 165 Å². The number of rotatable bonds is 6. The van der Waals surface area contributed by atoms with Crippen molar-refractivity contribution < 1.29 is 26.7 Å². The summed E-state index contributed by atoms with van der Waals surface area (Å²) in [6, 6.07) is 7.57. The molecule has 1 N–H and O–H groups in total. The van der Waals surface area contributed by atoms with Gasteiger partial charge in [0.25, 0.3) is 0 Å². The number of benzene rings is 2. The second-order valence-corrected chi connectivity index (χ2v) is 8.26. The molecular weight excluding hydrogens is 414 g/mol. The van der Waals surface area contributed by atoms with Crippen LogP contribution in [0.3, 0.4) is 0 Å². The van der Waals surface area contributed by atoms with Gasteiger partial charge in [0, 0.05) is 17.9 Å². The average Bonchev–Trinajstić information content (AvgIpc) is 3.13. The van der Waals surface area contributed by atoms with Crippen molar-refractivity contribution in [1.82, 2.24) is 9.97 Å². The number of H-pyrrole nitrogens is 1. The van der Waals surface area contributed by atoms with Crippen LogP contribution in [0.4, 0.5) is 8.78 Å². The Hall–Kier alpha value is -2.65. The summed E-state index contributed by atoms with van der Waals surface area (Å²) in [5.74, 6) is -0.725. The maximum atomic E-state index is 13.6. The number of imidazole rings is 1. The zero-order valence-electron chi connectivity index (χ0n) is 14.7. The summed E-state index contributed by atoms with van der Waals surface area (Å²) in [7, 11) is -2.19. The molecule has 3 aromatic rings. The largest absolute Gasteiger partial charge is 0.493 e. The molecule has 0 aliphatic rings. The molecule has 28 heavy (non-hydrogen) atoms. The van der Waals surface area contributed by atoms with E-state index >= 15 is 0 Å². The van der Waals surface area contributed by atoms with Gasteiger partial charge in [0.2, 0.25) is 0 Å². The topological polar surface area (TPSA) is 81.3 Å². The van der Waals surface area contributed by atoms with Crippen LogP contribution in [0.15, 0.2) is 47.6 Å². The minimum Gasteiger partial charge on any atom is -0.493 e. The van der Waals surface area contributed by atoms with E-state index in [1.165, 1.54) is 31.4 Å². The first-order valence-corrected chi connectivity index (χ1v) is 10.2.